The van der Waals surface area contributed by atoms with Crippen molar-refractivity contribution in [1.82, 2.24) is 0 Å². The zero-order chi connectivity index (χ0) is 34.9. The van der Waals surface area contributed by atoms with Gasteiger partial charge in [0.25, 0.3) is 0 Å². The fourth-order valence-electron chi connectivity index (χ4n) is 8.04. The summed E-state index contributed by atoms with van der Waals surface area (Å²) in [6.07, 6.45) is 0. The van der Waals surface area contributed by atoms with Gasteiger partial charge in [0, 0.05) is 50.7 Å². The van der Waals surface area contributed by atoms with Gasteiger partial charge in [-0.1, -0.05) is 115 Å². The summed E-state index contributed by atoms with van der Waals surface area (Å²) in [6.45, 7) is 0. The van der Waals surface area contributed by atoms with E-state index in [0.717, 1.165) is 66.5 Å². The van der Waals surface area contributed by atoms with E-state index < -0.39 is 0 Å². The summed E-state index contributed by atoms with van der Waals surface area (Å²) >= 11 is 0. The lowest BCUT2D eigenvalue weighted by molar-refractivity contribution is 0.669. The molecule has 248 valence electrons. The monoisotopic (exact) mass is 677 g/mol. The van der Waals surface area contributed by atoms with Gasteiger partial charge in [0.05, 0.1) is 0 Å². The molecule has 0 aliphatic rings. The van der Waals surface area contributed by atoms with Crippen LogP contribution in [-0.2, 0) is 0 Å². The molecule has 11 rings (SSSR count). The molecule has 0 saturated carbocycles. The van der Waals surface area contributed by atoms with E-state index in [2.05, 4.69) is 169 Å². The van der Waals surface area contributed by atoms with E-state index in [0.29, 0.717) is 0 Å². The molecule has 11 aromatic rings. The topological polar surface area (TPSA) is 29.5 Å². The number of anilines is 3. The molecule has 0 atom stereocenters. The molecule has 0 spiro atoms. The van der Waals surface area contributed by atoms with Crippen LogP contribution in [0.2, 0.25) is 0 Å². The molecule has 0 radical (unpaired) electrons. The molecule has 0 amide bonds. The molecule has 3 nitrogen and oxygen atoms in total. The third-order valence-electron chi connectivity index (χ3n) is 10.6. The maximum absolute atomic E-state index is 6.37. The molecule has 0 fully saturated rings. The summed E-state index contributed by atoms with van der Waals surface area (Å²) in [4.78, 5) is 2.29. The molecule has 0 bridgehead atoms. The molecule has 3 heteroatoms. The third kappa shape index (κ3) is 4.90. The van der Waals surface area contributed by atoms with Gasteiger partial charge in [0.1, 0.15) is 22.3 Å². The first kappa shape index (κ1) is 29.6. The van der Waals surface area contributed by atoms with Crippen molar-refractivity contribution in [3.63, 3.8) is 0 Å². The fourth-order valence-corrected chi connectivity index (χ4v) is 8.04. The van der Waals surface area contributed by atoms with Crippen LogP contribution in [0.1, 0.15) is 0 Å². The first-order valence-corrected chi connectivity index (χ1v) is 18.0. The van der Waals surface area contributed by atoms with Crippen LogP contribution in [0.15, 0.2) is 197 Å². The molecule has 9 aromatic carbocycles. The van der Waals surface area contributed by atoms with E-state index in [4.69, 9.17) is 8.83 Å². The molecule has 2 heterocycles. The second kappa shape index (κ2) is 11.7. The van der Waals surface area contributed by atoms with Gasteiger partial charge in [-0.3, -0.25) is 0 Å². The number of hydrogen-bond donors (Lipinski definition) is 0. The highest BCUT2D eigenvalue weighted by Crippen LogP contribution is 2.42. The number of rotatable bonds is 5. The van der Waals surface area contributed by atoms with Crippen LogP contribution in [0.5, 0.6) is 0 Å². The summed E-state index contributed by atoms with van der Waals surface area (Å²) in [5, 5.41) is 9.41. The van der Waals surface area contributed by atoms with Crippen molar-refractivity contribution in [1.29, 1.82) is 0 Å². The lowest BCUT2D eigenvalue weighted by Crippen LogP contribution is -2.09. The number of benzene rings is 9. The number of nitrogens with zero attached hydrogens (tertiary/aromatic N) is 1. The molecule has 2 aromatic heterocycles. The zero-order valence-corrected chi connectivity index (χ0v) is 28.7. The standard InChI is InChI=1S/C50H31NO2/c1-2-9-32(10-3-1)34-19-23-41-36(27-34)17-18-37-28-35(20-24-42(37)41)33-11-8-12-38(29-33)51(39-21-25-45-43-13-4-6-15-47(43)52-49(45)30-39)40-22-26-46-44-14-5-7-16-48(44)53-50(46)31-40/h1-31H. The van der Waals surface area contributed by atoms with Gasteiger partial charge in [-0.05, 0) is 104 Å². The van der Waals surface area contributed by atoms with Crippen LogP contribution in [0.25, 0.3) is 87.7 Å². The molecule has 0 saturated heterocycles. The minimum atomic E-state index is 0.854. The Labute approximate surface area is 305 Å². The Morgan fingerprint density at radius 2 is 0.717 bits per heavy atom. The highest BCUT2D eigenvalue weighted by atomic mass is 16.3. The van der Waals surface area contributed by atoms with Gasteiger partial charge in [0.15, 0.2) is 0 Å². The highest BCUT2D eigenvalue weighted by molar-refractivity contribution is 6.10. The van der Waals surface area contributed by atoms with E-state index in [9.17, 15) is 0 Å². The van der Waals surface area contributed by atoms with Gasteiger partial charge >= 0.3 is 0 Å². The molecule has 0 unspecified atom stereocenters. The van der Waals surface area contributed by atoms with E-state index in [-0.39, 0.29) is 0 Å². The Balaban J connectivity index is 1.03. The van der Waals surface area contributed by atoms with Gasteiger partial charge in [-0.25, -0.2) is 0 Å². The average molecular weight is 678 g/mol. The third-order valence-corrected chi connectivity index (χ3v) is 10.6. The van der Waals surface area contributed by atoms with Crippen molar-refractivity contribution in [2.45, 2.75) is 0 Å². The molecule has 0 aliphatic heterocycles. The second-order valence-electron chi connectivity index (χ2n) is 13.7. The summed E-state index contributed by atoms with van der Waals surface area (Å²) in [5.41, 5.74) is 11.3. The van der Waals surface area contributed by atoms with Gasteiger partial charge in [-0.15, -0.1) is 0 Å². The van der Waals surface area contributed by atoms with Crippen LogP contribution in [0, 0.1) is 0 Å². The SMILES string of the molecule is c1ccc(-c2ccc3c(ccc4cc(-c5cccc(N(c6ccc7c(c6)oc6ccccc67)c6ccc7c(c6)oc6ccccc67)c5)ccc43)c2)cc1. The fraction of sp³-hybridized carbons (Fsp3) is 0. The van der Waals surface area contributed by atoms with Crippen LogP contribution in [-0.4, -0.2) is 0 Å². The molecule has 53 heavy (non-hydrogen) atoms. The van der Waals surface area contributed by atoms with E-state index in [1.54, 1.807) is 0 Å². The van der Waals surface area contributed by atoms with Gasteiger partial charge in [-0.2, -0.15) is 0 Å². The van der Waals surface area contributed by atoms with Crippen molar-refractivity contribution >= 4 is 82.5 Å². The molecular formula is C50H31NO2. The minimum Gasteiger partial charge on any atom is -0.456 e. The predicted molar refractivity (Wildman–Crippen MR) is 222 cm³/mol. The molecular weight excluding hydrogens is 647 g/mol. The predicted octanol–water partition coefficient (Wildman–Crippen LogP) is 14.6. The molecule has 0 aliphatic carbocycles. The number of fused-ring (bicyclic) bond motifs is 9. The highest BCUT2D eigenvalue weighted by Gasteiger charge is 2.18. The van der Waals surface area contributed by atoms with E-state index in [1.165, 1.54) is 38.2 Å². The van der Waals surface area contributed by atoms with E-state index >= 15 is 0 Å². The maximum Gasteiger partial charge on any atom is 0.137 e. The first-order valence-electron chi connectivity index (χ1n) is 18.0. The second-order valence-corrected chi connectivity index (χ2v) is 13.7. The Morgan fingerprint density at radius 1 is 0.264 bits per heavy atom. The normalized spacial score (nSPS) is 11.8. The number of hydrogen-bond acceptors (Lipinski definition) is 3. The van der Waals surface area contributed by atoms with Gasteiger partial charge in [0.2, 0.25) is 0 Å². The first-order chi connectivity index (χ1) is 26.2. The number of para-hydroxylation sites is 2. The van der Waals surface area contributed by atoms with E-state index in [1.807, 2.05) is 24.3 Å². The van der Waals surface area contributed by atoms with Crippen molar-refractivity contribution in [3.05, 3.63) is 188 Å². The van der Waals surface area contributed by atoms with Crippen molar-refractivity contribution in [3.8, 4) is 22.3 Å². The smallest absolute Gasteiger partial charge is 0.137 e. The lowest BCUT2D eigenvalue weighted by Gasteiger charge is -2.26. The van der Waals surface area contributed by atoms with Crippen molar-refractivity contribution in [2.24, 2.45) is 0 Å². The summed E-state index contributed by atoms with van der Waals surface area (Å²) in [5.74, 6) is 0. The lowest BCUT2D eigenvalue weighted by atomic mass is 9.95. The van der Waals surface area contributed by atoms with Crippen LogP contribution < -0.4 is 4.90 Å². The Bertz CT molecular complexity index is 3070. The van der Waals surface area contributed by atoms with Crippen LogP contribution in [0.3, 0.4) is 0 Å². The summed E-state index contributed by atoms with van der Waals surface area (Å²) in [6, 6.07) is 66.9. The van der Waals surface area contributed by atoms with Crippen molar-refractivity contribution in [2.75, 3.05) is 4.90 Å². The van der Waals surface area contributed by atoms with Crippen molar-refractivity contribution < 1.29 is 8.83 Å². The summed E-state index contributed by atoms with van der Waals surface area (Å²) in [7, 11) is 0. The Hall–Kier alpha value is -7.10. The Kier molecular flexibility index (Phi) is 6.55. The number of furan rings is 2. The summed E-state index contributed by atoms with van der Waals surface area (Å²) < 4.78 is 12.7. The minimum absolute atomic E-state index is 0.854. The largest absolute Gasteiger partial charge is 0.456 e. The van der Waals surface area contributed by atoms with Crippen LogP contribution in [0.4, 0.5) is 17.1 Å². The van der Waals surface area contributed by atoms with Crippen LogP contribution >= 0.6 is 0 Å². The maximum atomic E-state index is 6.37. The van der Waals surface area contributed by atoms with Gasteiger partial charge < -0.3 is 13.7 Å². The average Bonchev–Trinajstić information content (AvgIpc) is 3.78. The Morgan fingerprint density at radius 3 is 1.32 bits per heavy atom. The molecule has 0 N–H and O–H groups in total. The zero-order valence-electron chi connectivity index (χ0n) is 28.7. The quantitative estimate of drug-likeness (QED) is 0.170.